The van der Waals surface area contributed by atoms with Crippen molar-refractivity contribution < 1.29 is 35.4 Å². The highest BCUT2D eigenvalue weighted by molar-refractivity contribution is 5.66. The molecule has 0 radical (unpaired) electrons. The summed E-state index contributed by atoms with van der Waals surface area (Å²) in [5.41, 5.74) is 0. The summed E-state index contributed by atoms with van der Waals surface area (Å²) < 4.78 is 0. The molecular weight excluding hydrogens is 388 g/mol. The van der Waals surface area contributed by atoms with Crippen LogP contribution in [0.15, 0.2) is 0 Å². The van der Waals surface area contributed by atoms with Gasteiger partial charge in [-0.05, 0) is 6.42 Å². The van der Waals surface area contributed by atoms with Crippen LogP contribution in [-0.2, 0) is 4.79 Å². The fraction of sp³-hybridized carbons (Fsp3) is 0.957. The molecule has 7 nitrogen and oxygen atoms in total. The standard InChI is InChI=1S/C18H36O2.C5H12O5/c1-2-3-4-5-6-7-8-9-10-11-12-13-14-15-16-17-18(19)20;6-1-3(8)5(10)4(9)2-7/h2-17H2,1H3,(H,19,20);3-10H,1-2H2/t;3-,4+,5+. The Morgan fingerprint density at radius 3 is 1.17 bits per heavy atom. The molecule has 0 aromatic carbocycles. The van der Waals surface area contributed by atoms with Crippen LogP contribution in [0.3, 0.4) is 0 Å². The van der Waals surface area contributed by atoms with Gasteiger partial charge in [0, 0.05) is 6.42 Å². The van der Waals surface area contributed by atoms with E-state index in [1.165, 1.54) is 83.5 Å². The normalized spacial score (nSPS) is 13.9. The maximum absolute atomic E-state index is 10.3. The molecule has 6 N–H and O–H groups in total. The molecule has 182 valence electrons. The lowest BCUT2D eigenvalue weighted by Crippen LogP contribution is -2.41. The third-order valence-corrected chi connectivity index (χ3v) is 5.16. The lowest BCUT2D eigenvalue weighted by atomic mass is 10.0. The van der Waals surface area contributed by atoms with Gasteiger partial charge in [0.05, 0.1) is 13.2 Å². The molecular formula is C23H48O7. The van der Waals surface area contributed by atoms with Gasteiger partial charge in [0.25, 0.3) is 0 Å². The molecule has 0 spiro atoms. The van der Waals surface area contributed by atoms with Crippen LogP contribution in [0.4, 0.5) is 0 Å². The highest BCUT2D eigenvalue weighted by Gasteiger charge is 2.22. The lowest BCUT2D eigenvalue weighted by molar-refractivity contribution is -0.137. The summed E-state index contributed by atoms with van der Waals surface area (Å²) in [5, 5.41) is 51.1. The number of rotatable bonds is 20. The minimum Gasteiger partial charge on any atom is -0.481 e. The van der Waals surface area contributed by atoms with Crippen molar-refractivity contribution in [1.82, 2.24) is 0 Å². The average molecular weight is 437 g/mol. The van der Waals surface area contributed by atoms with Gasteiger partial charge in [0.15, 0.2) is 0 Å². The number of hydrogen-bond acceptors (Lipinski definition) is 6. The molecule has 3 atom stereocenters. The molecule has 0 aromatic heterocycles. The third kappa shape index (κ3) is 23.5. The third-order valence-electron chi connectivity index (χ3n) is 5.16. The molecule has 0 saturated carbocycles. The summed E-state index contributed by atoms with van der Waals surface area (Å²) in [5.74, 6) is -0.653. The molecule has 7 heteroatoms. The molecule has 30 heavy (non-hydrogen) atoms. The van der Waals surface area contributed by atoms with Crippen LogP contribution in [0.1, 0.15) is 110 Å². The smallest absolute Gasteiger partial charge is 0.303 e. The van der Waals surface area contributed by atoms with E-state index in [9.17, 15) is 4.79 Å². The number of unbranched alkanes of at least 4 members (excludes halogenated alkanes) is 14. The van der Waals surface area contributed by atoms with Gasteiger partial charge in [-0.2, -0.15) is 0 Å². The predicted octanol–water partition coefficient (Wildman–Crippen LogP) is 3.39. The second kappa shape index (κ2) is 24.5. The van der Waals surface area contributed by atoms with Crippen molar-refractivity contribution in [2.24, 2.45) is 0 Å². The van der Waals surface area contributed by atoms with Gasteiger partial charge in [-0.1, -0.05) is 96.8 Å². The molecule has 0 aliphatic carbocycles. The number of carbonyl (C=O) groups is 1. The quantitative estimate of drug-likeness (QED) is 0.161. The zero-order valence-electron chi connectivity index (χ0n) is 19.1. The fourth-order valence-electron chi connectivity index (χ4n) is 3.12. The van der Waals surface area contributed by atoms with Gasteiger partial charge < -0.3 is 30.6 Å². The average Bonchev–Trinajstić information content (AvgIpc) is 2.74. The van der Waals surface area contributed by atoms with Crippen molar-refractivity contribution in [1.29, 1.82) is 0 Å². The van der Waals surface area contributed by atoms with E-state index in [-0.39, 0.29) is 0 Å². The van der Waals surface area contributed by atoms with Gasteiger partial charge in [0.1, 0.15) is 18.3 Å². The van der Waals surface area contributed by atoms with Crippen molar-refractivity contribution in [2.45, 2.75) is 128 Å². The zero-order chi connectivity index (χ0) is 23.0. The Bertz CT molecular complexity index is 342. The Balaban J connectivity index is 0. The minimum absolute atomic E-state index is 0.345. The molecule has 0 rings (SSSR count). The fourth-order valence-corrected chi connectivity index (χ4v) is 3.12. The van der Waals surface area contributed by atoms with Crippen LogP contribution in [0.25, 0.3) is 0 Å². The Hall–Kier alpha value is -0.730. The van der Waals surface area contributed by atoms with E-state index in [4.69, 9.17) is 30.6 Å². The Labute approximate surface area is 183 Å². The molecule has 0 unspecified atom stereocenters. The predicted molar refractivity (Wildman–Crippen MR) is 119 cm³/mol. The van der Waals surface area contributed by atoms with E-state index >= 15 is 0 Å². The first-order chi connectivity index (χ1) is 14.4. The van der Waals surface area contributed by atoms with Crippen LogP contribution in [0, 0.1) is 0 Å². The molecule has 0 fully saturated rings. The summed E-state index contributed by atoms with van der Waals surface area (Å²) in [4.78, 5) is 10.3. The Morgan fingerprint density at radius 2 is 0.900 bits per heavy atom. The van der Waals surface area contributed by atoms with E-state index in [2.05, 4.69) is 6.92 Å². The van der Waals surface area contributed by atoms with E-state index in [1.54, 1.807) is 0 Å². The van der Waals surface area contributed by atoms with Crippen LogP contribution < -0.4 is 0 Å². The van der Waals surface area contributed by atoms with Crippen LogP contribution in [-0.4, -0.2) is 68.1 Å². The maximum Gasteiger partial charge on any atom is 0.303 e. The minimum atomic E-state index is -1.49. The number of aliphatic hydroxyl groups is 5. The first-order valence-electron chi connectivity index (χ1n) is 11.9. The van der Waals surface area contributed by atoms with Crippen LogP contribution >= 0.6 is 0 Å². The van der Waals surface area contributed by atoms with Gasteiger partial charge >= 0.3 is 5.97 Å². The van der Waals surface area contributed by atoms with E-state index in [1.807, 2.05) is 0 Å². The summed E-state index contributed by atoms with van der Waals surface area (Å²) in [6.45, 7) is 0.989. The number of aliphatic carboxylic acids is 1. The van der Waals surface area contributed by atoms with Gasteiger partial charge in [-0.25, -0.2) is 0 Å². The molecule has 0 aliphatic heterocycles. The Morgan fingerprint density at radius 1 is 0.600 bits per heavy atom. The molecule has 0 aromatic rings. The highest BCUT2D eigenvalue weighted by Crippen LogP contribution is 2.13. The van der Waals surface area contributed by atoms with Gasteiger partial charge in [-0.15, -0.1) is 0 Å². The van der Waals surface area contributed by atoms with Crippen molar-refractivity contribution in [2.75, 3.05) is 13.2 Å². The number of aliphatic hydroxyl groups excluding tert-OH is 5. The van der Waals surface area contributed by atoms with Gasteiger partial charge in [-0.3, -0.25) is 4.79 Å². The lowest BCUT2D eigenvalue weighted by Gasteiger charge is -2.19. The summed E-state index contributed by atoms with van der Waals surface area (Å²) in [7, 11) is 0. The monoisotopic (exact) mass is 436 g/mol. The Kier molecular flexibility index (Phi) is 25.7. The van der Waals surface area contributed by atoms with Crippen molar-refractivity contribution >= 4 is 5.97 Å². The maximum atomic E-state index is 10.3. The molecule has 0 saturated heterocycles. The van der Waals surface area contributed by atoms with Gasteiger partial charge in [0.2, 0.25) is 0 Å². The molecule has 0 heterocycles. The van der Waals surface area contributed by atoms with Crippen molar-refractivity contribution in [3.63, 3.8) is 0 Å². The molecule has 0 amide bonds. The van der Waals surface area contributed by atoms with E-state index < -0.39 is 37.5 Å². The second-order valence-corrected chi connectivity index (χ2v) is 8.08. The first-order valence-corrected chi connectivity index (χ1v) is 11.9. The van der Waals surface area contributed by atoms with Crippen molar-refractivity contribution in [3.8, 4) is 0 Å². The van der Waals surface area contributed by atoms with Crippen molar-refractivity contribution in [3.05, 3.63) is 0 Å². The first kappa shape index (κ1) is 31.5. The highest BCUT2D eigenvalue weighted by atomic mass is 16.4. The summed E-state index contributed by atoms with van der Waals surface area (Å²) >= 11 is 0. The van der Waals surface area contributed by atoms with Crippen LogP contribution in [0.5, 0.6) is 0 Å². The number of hydrogen-bond donors (Lipinski definition) is 6. The second-order valence-electron chi connectivity index (χ2n) is 8.08. The largest absolute Gasteiger partial charge is 0.481 e. The zero-order valence-corrected chi connectivity index (χ0v) is 19.1. The van der Waals surface area contributed by atoms with E-state index in [0.29, 0.717) is 6.42 Å². The SMILES string of the molecule is CCCCCCCCCCCCCCCCCC(=O)O.OC[C@@H](O)[C@H](O)[C@@H](O)CO. The molecule has 0 bridgehead atoms. The summed E-state index contributed by atoms with van der Waals surface area (Å²) in [6, 6.07) is 0. The summed E-state index contributed by atoms with van der Waals surface area (Å²) in [6.07, 6.45) is 15.9. The molecule has 0 aliphatic rings. The van der Waals surface area contributed by atoms with Crippen LogP contribution in [0.2, 0.25) is 0 Å². The topological polar surface area (TPSA) is 138 Å². The number of carboxylic acids is 1. The number of carboxylic acid groups (broad SMARTS) is 1. The van der Waals surface area contributed by atoms with E-state index in [0.717, 1.165) is 12.8 Å².